The highest BCUT2D eigenvalue weighted by Gasteiger charge is 2.46. The molecule has 2 aliphatic rings. The summed E-state index contributed by atoms with van der Waals surface area (Å²) in [5.41, 5.74) is 2.01. The fraction of sp³-hybridized carbons (Fsp3) is 0.333. The molecule has 8 heteroatoms. The summed E-state index contributed by atoms with van der Waals surface area (Å²) >= 11 is 0. The second-order valence-corrected chi connectivity index (χ2v) is 8.45. The average Bonchev–Trinajstić information content (AvgIpc) is 3.36. The van der Waals surface area contributed by atoms with Crippen molar-refractivity contribution < 1.29 is 33.6 Å². The van der Waals surface area contributed by atoms with Gasteiger partial charge in [0.25, 0.3) is 11.7 Å². The third-order valence-electron chi connectivity index (χ3n) is 6.11. The van der Waals surface area contributed by atoms with E-state index in [9.17, 15) is 14.7 Å². The van der Waals surface area contributed by atoms with Crippen molar-refractivity contribution in [1.29, 1.82) is 0 Å². The molecule has 2 aromatic carbocycles. The van der Waals surface area contributed by atoms with Crippen LogP contribution in [0.4, 0.5) is 0 Å². The number of benzene rings is 2. The summed E-state index contributed by atoms with van der Waals surface area (Å²) in [5, 5.41) is 11.3. The predicted molar refractivity (Wildman–Crippen MR) is 130 cm³/mol. The summed E-state index contributed by atoms with van der Waals surface area (Å²) in [7, 11) is 3.03. The van der Waals surface area contributed by atoms with Crippen LogP contribution in [0.15, 0.2) is 54.6 Å². The lowest BCUT2D eigenvalue weighted by atomic mass is 9.94. The van der Waals surface area contributed by atoms with Gasteiger partial charge in [0.2, 0.25) is 0 Å². The van der Waals surface area contributed by atoms with Crippen LogP contribution in [0.3, 0.4) is 0 Å². The van der Waals surface area contributed by atoms with Crippen molar-refractivity contribution in [3.05, 3.63) is 71.3 Å². The Morgan fingerprint density at radius 2 is 2.00 bits per heavy atom. The minimum absolute atomic E-state index is 0.0137. The maximum absolute atomic E-state index is 13.2. The molecule has 4 rings (SSSR count). The van der Waals surface area contributed by atoms with Gasteiger partial charge < -0.3 is 29.0 Å². The quantitative estimate of drug-likeness (QED) is 0.254. The number of carbonyl (C=O) groups is 2. The highest BCUT2D eigenvalue weighted by Crippen LogP contribution is 2.42. The zero-order valence-corrected chi connectivity index (χ0v) is 20.1. The fourth-order valence-electron chi connectivity index (χ4n) is 4.49. The summed E-state index contributed by atoms with van der Waals surface area (Å²) in [5.74, 6) is 0.00739. The van der Waals surface area contributed by atoms with Gasteiger partial charge in [0.05, 0.1) is 25.3 Å². The molecule has 2 aliphatic heterocycles. The standard InChI is InChI=1S/C27H29NO7/c1-5-11-34-21-9-6-17(15-22(21)33-4)24-23(26(30)27(31)28(24)10-12-32-3)25(29)18-7-8-20-19(14-18)13-16(2)35-20/h5-9,14-16,24,29H,1,10-13H2,2-4H3/b25-23-. The van der Waals surface area contributed by atoms with Gasteiger partial charge in [-0.05, 0) is 48.4 Å². The Morgan fingerprint density at radius 1 is 1.20 bits per heavy atom. The molecule has 2 atom stereocenters. The molecule has 2 heterocycles. The van der Waals surface area contributed by atoms with E-state index in [1.54, 1.807) is 42.5 Å². The van der Waals surface area contributed by atoms with E-state index < -0.39 is 17.7 Å². The zero-order chi connectivity index (χ0) is 25.1. The number of rotatable bonds is 9. The van der Waals surface area contributed by atoms with Crippen LogP contribution in [0.2, 0.25) is 0 Å². The lowest BCUT2D eigenvalue weighted by Crippen LogP contribution is -2.32. The first-order chi connectivity index (χ1) is 16.9. The maximum Gasteiger partial charge on any atom is 0.295 e. The summed E-state index contributed by atoms with van der Waals surface area (Å²) in [4.78, 5) is 27.6. The molecular weight excluding hydrogens is 450 g/mol. The molecule has 2 unspecified atom stereocenters. The molecule has 0 aliphatic carbocycles. The van der Waals surface area contributed by atoms with Gasteiger partial charge in [-0.1, -0.05) is 18.7 Å². The van der Waals surface area contributed by atoms with Crippen LogP contribution in [0.5, 0.6) is 17.2 Å². The average molecular weight is 480 g/mol. The number of hydrogen-bond donors (Lipinski definition) is 1. The number of methoxy groups -OCH3 is 2. The first-order valence-corrected chi connectivity index (χ1v) is 11.4. The van der Waals surface area contributed by atoms with E-state index in [1.807, 2.05) is 6.92 Å². The Kier molecular flexibility index (Phi) is 7.12. The molecule has 2 aromatic rings. The molecule has 1 amide bonds. The van der Waals surface area contributed by atoms with E-state index >= 15 is 0 Å². The second kappa shape index (κ2) is 10.2. The van der Waals surface area contributed by atoms with E-state index in [4.69, 9.17) is 18.9 Å². The van der Waals surface area contributed by atoms with E-state index in [0.717, 1.165) is 11.3 Å². The number of carbonyl (C=O) groups excluding carboxylic acids is 2. The Hall–Kier alpha value is -3.78. The molecular formula is C27H29NO7. The van der Waals surface area contributed by atoms with Gasteiger partial charge in [0.1, 0.15) is 24.2 Å². The Morgan fingerprint density at radius 3 is 2.71 bits per heavy atom. The highest BCUT2D eigenvalue weighted by molar-refractivity contribution is 6.46. The first kappa shape index (κ1) is 24.3. The first-order valence-electron chi connectivity index (χ1n) is 11.4. The largest absolute Gasteiger partial charge is 0.507 e. The Labute approximate surface area is 204 Å². The number of aliphatic hydroxyl groups is 1. The van der Waals surface area contributed by atoms with Crippen LogP contribution in [0, 0.1) is 0 Å². The molecule has 1 fully saturated rings. The van der Waals surface area contributed by atoms with Gasteiger partial charge in [-0.3, -0.25) is 9.59 Å². The van der Waals surface area contributed by atoms with E-state index in [-0.39, 0.29) is 30.6 Å². The summed E-state index contributed by atoms with van der Waals surface area (Å²) in [6.07, 6.45) is 2.36. The molecule has 0 saturated carbocycles. The number of ketones is 1. The van der Waals surface area contributed by atoms with Crippen molar-refractivity contribution in [3.63, 3.8) is 0 Å². The van der Waals surface area contributed by atoms with Crippen LogP contribution in [0.1, 0.15) is 29.7 Å². The number of nitrogens with zero attached hydrogens (tertiary/aromatic N) is 1. The van der Waals surface area contributed by atoms with Crippen LogP contribution in [0.25, 0.3) is 5.76 Å². The van der Waals surface area contributed by atoms with Crippen LogP contribution >= 0.6 is 0 Å². The SMILES string of the molecule is C=CCOc1ccc(C2/C(=C(/O)c3ccc4c(c3)CC(C)O4)C(=O)C(=O)N2CCOC)cc1OC. The van der Waals surface area contributed by atoms with E-state index in [0.29, 0.717) is 35.7 Å². The number of hydrogen-bond acceptors (Lipinski definition) is 7. The molecule has 1 N–H and O–H groups in total. The summed E-state index contributed by atoms with van der Waals surface area (Å²) in [6.45, 7) is 6.32. The van der Waals surface area contributed by atoms with Crippen LogP contribution in [-0.4, -0.2) is 61.8 Å². The molecule has 0 bridgehead atoms. The zero-order valence-electron chi connectivity index (χ0n) is 20.1. The number of Topliss-reactive ketones (excluding diaryl/α,β-unsaturated/α-hetero) is 1. The summed E-state index contributed by atoms with van der Waals surface area (Å²) in [6, 6.07) is 9.62. The minimum Gasteiger partial charge on any atom is -0.507 e. The van der Waals surface area contributed by atoms with Crippen molar-refractivity contribution in [3.8, 4) is 17.2 Å². The lowest BCUT2D eigenvalue weighted by Gasteiger charge is -2.25. The number of aliphatic hydroxyl groups excluding tert-OH is 1. The van der Waals surface area contributed by atoms with E-state index in [2.05, 4.69) is 6.58 Å². The molecule has 0 aromatic heterocycles. The molecule has 0 radical (unpaired) electrons. The maximum atomic E-state index is 13.2. The van der Waals surface area contributed by atoms with Gasteiger partial charge >= 0.3 is 0 Å². The number of ether oxygens (including phenoxy) is 4. The van der Waals surface area contributed by atoms with Crippen LogP contribution in [-0.2, 0) is 20.7 Å². The van der Waals surface area contributed by atoms with Crippen molar-refractivity contribution in [1.82, 2.24) is 4.90 Å². The smallest absolute Gasteiger partial charge is 0.295 e. The van der Waals surface area contributed by atoms with Crippen molar-refractivity contribution in [2.24, 2.45) is 0 Å². The Bertz CT molecular complexity index is 1190. The van der Waals surface area contributed by atoms with Gasteiger partial charge in [0, 0.05) is 25.6 Å². The van der Waals surface area contributed by atoms with Crippen molar-refractivity contribution in [2.75, 3.05) is 34.0 Å². The van der Waals surface area contributed by atoms with Gasteiger partial charge in [-0.2, -0.15) is 0 Å². The van der Waals surface area contributed by atoms with E-state index in [1.165, 1.54) is 19.1 Å². The van der Waals surface area contributed by atoms with Gasteiger partial charge in [-0.25, -0.2) is 0 Å². The molecule has 1 saturated heterocycles. The van der Waals surface area contributed by atoms with Gasteiger partial charge in [0.15, 0.2) is 11.5 Å². The third kappa shape index (κ3) is 4.61. The van der Waals surface area contributed by atoms with Crippen molar-refractivity contribution in [2.45, 2.75) is 25.5 Å². The molecule has 8 nitrogen and oxygen atoms in total. The highest BCUT2D eigenvalue weighted by atomic mass is 16.5. The molecule has 35 heavy (non-hydrogen) atoms. The number of amides is 1. The lowest BCUT2D eigenvalue weighted by molar-refractivity contribution is -0.140. The number of fused-ring (bicyclic) bond motifs is 1. The van der Waals surface area contributed by atoms with Gasteiger partial charge in [-0.15, -0.1) is 0 Å². The fourth-order valence-corrected chi connectivity index (χ4v) is 4.49. The van der Waals surface area contributed by atoms with Crippen molar-refractivity contribution >= 4 is 17.4 Å². The number of likely N-dealkylation sites (tertiary alicyclic amines) is 1. The minimum atomic E-state index is -0.823. The van der Waals surface area contributed by atoms with Crippen LogP contribution < -0.4 is 14.2 Å². The normalized spacial score (nSPS) is 20.5. The predicted octanol–water partition coefficient (Wildman–Crippen LogP) is 3.65. The second-order valence-electron chi connectivity index (χ2n) is 8.45. The summed E-state index contributed by atoms with van der Waals surface area (Å²) < 4.78 is 22.0. The molecule has 184 valence electrons. The monoisotopic (exact) mass is 479 g/mol. The topological polar surface area (TPSA) is 94.5 Å². The third-order valence-corrected chi connectivity index (χ3v) is 6.11. The Balaban J connectivity index is 1.82. The molecule has 0 spiro atoms.